The Balaban J connectivity index is 1.83. The van der Waals surface area contributed by atoms with E-state index >= 15 is 0 Å². The van der Waals surface area contributed by atoms with E-state index in [-0.39, 0.29) is 13.2 Å². The molecule has 0 bridgehead atoms. The zero-order chi connectivity index (χ0) is 16.5. The van der Waals surface area contributed by atoms with Crippen LogP contribution in [0, 0.1) is 0 Å². The molecule has 0 aliphatic rings. The van der Waals surface area contributed by atoms with Crippen molar-refractivity contribution in [2.24, 2.45) is 0 Å². The topological polar surface area (TPSA) is 61.8 Å². The zero-order valence-electron chi connectivity index (χ0n) is 12.4. The van der Waals surface area contributed by atoms with Crippen LogP contribution in [0.4, 0.5) is 0 Å². The van der Waals surface area contributed by atoms with Gasteiger partial charge in [0.25, 0.3) is 0 Å². The fraction of sp³-hybridized carbons (Fsp3) is 0.111. The third kappa shape index (κ3) is 5.32. The average Bonchev–Trinajstić information content (AvgIpc) is 2.60. The molecule has 2 aromatic carbocycles. The highest BCUT2D eigenvalue weighted by Crippen LogP contribution is 2.15. The largest absolute Gasteiger partial charge is 0.490 e. The van der Waals surface area contributed by atoms with Gasteiger partial charge >= 0.3 is 11.9 Å². The Bertz CT molecular complexity index is 662. The lowest BCUT2D eigenvalue weighted by Crippen LogP contribution is -2.11. The first-order valence-corrected chi connectivity index (χ1v) is 6.98. The lowest BCUT2D eigenvalue weighted by atomic mass is 10.2. The molecule has 0 aliphatic heterocycles. The maximum atomic E-state index is 12.0. The van der Waals surface area contributed by atoms with Crippen molar-refractivity contribution < 1.29 is 23.8 Å². The van der Waals surface area contributed by atoms with Gasteiger partial charge in [0.1, 0.15) is 24.7 Å². The van der Waals surface area contributed by atoms with Crippen molar-refractivity contribution in [3.63, 3.8) is 0 Å². The molecule has 0 unspecified atom stereocenters. The monoisotopic (exact) mass is 312 g/mol. The summed E-state index contributed by atoms with van der Waals surface area (Å²) in [5.41, 5.74) is 0.416. The summed E-state index contributed by atoms with van der Waals surface area (Å²) >= 11 is 0. The Kier molecular flexibility index (Phi) is 5.94. The normalized spacial score (nSPS) is 9.74. The number of carbonyl (C=O) groups is 2. The summed E-state index contributed by atoms with van der Waals surface area (Å²) in [4.78, 5) is 22.8. The lowest BCUT2D eigenvalue weighted by Gasteiger charge is -2.07. The maximum Gasteiger partial charge on any atom is 0.343 e. The number of ether oxygens (including phenoxy) is 3. The second kappa shape index (κ2) is 8.38. The number of para-hydroxylation sites is 1. The molecule has 0 radical (unpaired) electrons. The molecule has 0 aromatic heterocycles. The summed E-state index contributed by atoms with van der Waals surface area (Å²) in [6.45, 7) is 3.64. The molecular formula is C18H16O5. The highest BCUT2D eigenvalue weighted by Gasteiger charge is 2.08. The highest BCUT2D eigenvalue weighted by molar-refractivity contribution is 5.91. The van der Waals surface area contributed by atoms with Gasteiger partial charge in [0.15, 0.2) is 0 Å². The van der Waals surface area contributed by atoms with E-state index in [1.807, 2.05) is 6.07 Å². The van der Waals surface area contributed by atoms with Crippen molar-refractivity contribution in [3.8, 4) is 11.5 Å². The molecule has 0 saturated carbocycles. The first-order valence-electron chi connectivity index (χ1n) is 6.98. The molecule has 0 atom stereocenters. The molecule has 5 heteroatoms. The zero-order valence-corrected chi connectivity index (χ0v) is 12.4. The predicted octanol–water partition coefficient (Wildman–Crippen LogP) is 3.01. The summed E-state index contributed by atoms with van der Waals surface area (Å²) in [7, 11) is 0. The number of benzene rings is 2. The summed E-state index contributed by atoms with van der Waals surface area (Å²) < 4.78 is 15.4. The van der Waals surface area contributed by atoms with Crippen LogP contribution in [-0.4, -0.2) is 25.2 Å². The van der Waals surface area contributed by atoms with Crippen molar-refractivity contribution >= 4 is 11.9 Å². The number of hydrogen-bond donors (Lipinski definition) is 0. The molecule has 2 aromatic rings. The van der Waals surface area contributed by atoms with Gasteiger partial charge in [-0.15, -0.1) is 0 Å². The van der Waals surface area contributed by atoms with Gasteiger partial charge < -0.3 is 14.2 Å². The minimum Gasteiger partial charge on any atom is -0.490 e. The molecule has 0 saturated heterocycles. The molecular weight excluding hydrogens is 296 g/mol. The van der Waals surface area contributed by atoms with Crippen LogP contribution >= 0.6 is 0 Å². The standard InChI is InChI=1S/C18H16O5/c1-2-17(19)22-13-12-21-15-10-8-14(9-11-15)18(20)23-16-6-4-3-5-7-16/h2-11H,1,12-13H2. The quantitative estimate of drug-likeness (QED) is 0.340. The molecule has 0 fully saturated rings. The van der Waals surface area contributed by atoms with Gasteiger partial charge in [-0.3, -0.25) is 0 Å². The molecule has 0 spiro atoms. The predicted molar refractivity (Wildman–Crippen MR) is 84.5 cm³/mol. The van der Waals surface area contributed by atoms with E-state index in [1.165, 1.54) is 0 Å². The molecule has 23 heavy (non-hydrogen) atoms. The van der Waals surface area contributed by atoms with Crippen LogP contribution in [0.15, 0.2) is 67.3 Å². The number of hydrogen-bond acceptors (Lipinski definition) is 5. The number of carbonyl (C=O) groups excluding carboxylic acids is 2. The molecule has 0 N–H and O–H groups in total. The first-order chi connectivity index (χ1) is 11.2. The van der Waals surface area contributed by atoms with Crippen molar-refractivity contribution in [1.82, 2.24) is 0 Å². The van der Waals surface area contributed by atoms with E-state index in [0.29, 0.717) is 17.1 Å². The van der Waals surface area contributed by atoms with E-state index in [0.717, 1.165) is 6.08 Å². The summed E-state index contributed by atoms with van der Waals surface area (Å²) in [5, 5.41) is 0. The van der Waals surface area contributed by atoms with Crippen molar-refractivity contribution in [1.29, 1.82) is 0 Å². The highest BCUT2D eigenvalue weighted by atomic mass is 16.6. The molecule has 118 valence electrons. The Hall–Kier alpha value is -3.08. The van der Waals surface area contributed by atoms with Gasteiger partial charge in [-0.25, -0.2) is 9.59 Å². The second-order valence-corrected chi connectivity index (χ2v) is 4.45. The van der Waals surface area contributed by atoms with Crippen LogP contribution in [0.25, 0.3) is 0 Å². The third-order valence-corrected chi connectivity index (χ3v) is 2.81. The fourth-order valence-electron chi connectivity index (χ4n) is 1.70. The Morgan fingerprint density at radius 3 is 2.26 bits per heavy atom. The molecule has 0 aliphatic carbocycles. The molecule has 0 amide bonds. The van der Waals surface area contributed by atoms with E-state index < -0.39 is 11.9 Å². The SMILES string of the molecule is C=CC(=O)OCCOc1ccc(C(=O)Oc2ccccc2)cc1. The Morgan fingerprint density at radius 2 is 1.61 bits per heavy atom. The fourth-order valence-corrected chi connectivity index (χ4v) is 1.70. The molecule has 0 heterocycles. The van der Waals surface area contributed by atoms with Crippen molar-refractivity contribution in [2.45, 2.75) is 0 Å². The maximum absolute atomic E-state index is 12.0. The Labute approximate surface area is 134 Å². The lowest BCUT2D eigenvalue weighted by molar-refractivity contribution is -0.138. The Morgan fingerprint density at radius 1 is 0.913 bits per heavy atom. The van der Waals surface area contributed by atoms with E-state index in [4.69, 9.17) is 14.2 Å². The van der Waals surface area contributed by atoms with Gasteiger partial charge in [0.2, 0.25) is 0 Å². The molecule has 5 nitrogen and oxygen atoms in total. The summed E-state index contributed by atoms with van der Waals surface area (Å²) in [5.74, 6) is 0.119. The van der Waals surface area contributed by atoms with Gasteiger partial charge in [0.05, 0.1) is 5.56 Å². The third-order valence-electron chi connectivity index (χ3n) is 2.81. The van der Waals surface area contributed by atoms with Gasteiger partial charge in [-0.05, 0) is 36.4 Å². The van der Waals surface area contributed by atoms with Crippen LogP contribution in [0.3, 0.4) is 0 Å². The van der Waals surface area contributed by atoms with Gasteiger partial charge in [0, 0.05) is 6.08 Å². The summed E-state index contributed by atoms with van der Waals surface area (Å²) in [6.07, 6.45) is 1.09. The van der Waals surface area contributed by atoms with Crippen molar-refractivity contribution in [2.75, 3.05) is 13.2 Å². The second-order valence-electron chi connectivity index (χ2n) is 4.45. The van der Waals surface area contributed by atoms with Crippen LogP contribution < -0.4 is 9.47 Å². The first kappa shape index (κ1) is 16.3. The van der Waals surface area contributed by atoms with E-state index in [9.17, 15) is 9.59 Å². The molecule has 2 rings (SSSR count). The number of esters is 2. The number of rotatable bonds is 7. The van der Waals surface area contributed by atoms with Gasteiger partial charge in [-0.2, -0.15) is 0 Å². The smallest absolute Gasteiger partial charge is 0.343 e. The minimum atomic E-state index is -0.493. The van der Waals surface area contributed by atoms with E-state index in [2.05, 4.69) is 6.58 Å². The van der Waals surface area contributed by atoms with Crippen LogP contribution in [-0.2, 0) is 9.53 Å². The van der Waals surface area contributed by atoms with Crippen LogP contribution in [0.2, 0.25) is 0 Å². The summed E-state index contributed by atoms with van der Waals surface area (Å²) in [6, 6.07) is 15.4. The van der Waals surface area contributed by atoms with Crippen LogP contribution in [0.5, 0.6) is 11.5 Å². The van der Waals surface area contributed by atoms with E-state index in [1.54, 1.807) is 48.5 Å². The van der Waals surface area contributed by atoms with Crippen LogP contribution in [0.1, 0.15) is 10.4 Å². The van der Waals surface area contributed by atoms with Gasteiger partial charge in [-0.1, -0.05) is 24.8 Å². The average molecular weight is 312 g/mol. The van der Waals surface area contributed by atoms with Crippen molar-refractivity contribution in [3.05, 3.63) is 72.8 Å². The minimum absolute atomic E-state index is 0.128.